The molecule has 0 radical (unpaired) electrons. The number of aromatic nitrogens is 6. The van der Waals surface area contributed by atoms with Gasteiger partial charge in [0.15, 0.2) is 11.3 Å². The summed E-state index contributed by atoms with van der Waals surface area (Å²) in [6, 6.07) is 29.9. The highest BCUT2D eigenvalue weighted by Gasteiger charge is 2.24. The van der Waals surface area contributed by atoms with Crippen molar-refractivity contribution in [3.05, 3.63) is 164 Å². The van der Waals surface area contributed by atoms with E-state index in [9.17, 15) is 14.8 Å². The van der Waals surface area contributed by atoms with E-state index in [-0.39, 0.29) is 29.9 Å². The van der Waals surface area contributed by atoms with Crippen molar-refractivity contribution in [1.82, 2.24) is 29.4 Å². The summed E-state index contributed by atoms with van der Waals surface area (Å²) in [5.74, 6) is 0. The van der Waals surface area contributed by atoms with Gasteiger partial charge in [0.25, 0.3) is 11.1 Å². The minimum absolute atomic E-state index is 0.131. The van der Waals surface area contributed by atoms with Gasteiger partial charge in [-0.05, 0) is 80.2 Å². The van der Waals surface area contributed by atoms with E-state index in [1.165, 1.54) is 45.7 Å². The summed E-state index contributed by atoms with van der Waals surface area (Å²) in [6.45, 7) is 4.05. The molecule has 2 atom stereocenters. The maximum atomic E-state index is 13.0. The van der Waals surface area contributed by atoms with Crippen molar-refractivity contribution in [2.75, 3.05) is 10.6 Å². The fourth-order valence-corrected chi connectivity index (χ4v) is 7.84. The monoisotopic (exact) mass is 734 g/mol. The number of anilines is 2. The molecule has 0 saturated carbocycles. The maximum Gasteiger partial charge on any atom is 0.287 e. The molecule has 9 rings (SSSR count). The summed E-state index contributed by atoms with van der Waals surface area (Å²) in [4.78, 5) is 48.0. The number of hydrogen-bond acceptors (Lipinski definition) is 10. The van der Waals surface area contributed by atoms with Crippen LogP contribution in [0, 0.1) is 13.8 Å². The van der Waals surface area contributed by atoms with Crippen LogP contribution in [0.2, 0.25) is 0 Å². The third-order valence-corrected chi connectivity index (χ3v) is 10.5. The fourth-order valence-electron chi connectivity index (χ4n) is 7.84. The lowest BCUT2D eigenvalue weighted by molar-refractivity contribution is 0.0979. The van der Waals surface area contributed by atoms with E-state index in [0.29, 0.717) is 21.5 Å². The highest BCUT2D eigenvalue weighted by atomic mass is 16.7. The van der Waals surface area contributed by atoms with Crippen molar-refractivity contribution in [2.45, 2.75) is 71.1 Å². The van der Waals surface area contributed by atoms with E-state index in [0.717, 1.165) is 66.5 Å². The first-order valence-electron chi connectivity index (χ1n) is 18.7. The van der Waals surface area contributed by atoms with Crippen molar-refractivity contribution >= 4 is 33.4 Å². The van der Waals surface area contributed by atoms with Crippen LogP contribution in [0.5, 0.6) is 0 Å². The number of fused-ring (bicyclic) bond motifs is 4. The molecule has 7 aromatic rings. The molecular formula is C43H42N8O4. The molecule has 3 N–H and O–H groups in total. The SMILES string of the molecule is Cc1ncnc2c1c(NC1CCCc3ccccc31)cc(=O)n2O.Cc1ncnc2c1c(NC1CCCc3ccccc31)cc(=O)n2OCc1ccccc1. The van der Waals surface area contributed by atoms with Crippen molar-refractivity contribution in [3.63, 3.8) is 0 Å². The normalized spacial score (nSPS) is 16.0. The molecule has 278 valence electrons. The molecule has 2 unspecified atom stereocenters. The number of aryl methyl sites for hydroxylation is 4. The lowest BCUT2D eigenvalue weighted by atomic mass is 9.87. The number of rotatable bonds is 7. The van der Waals surface area contributed by atoms with Gasteiger partial charge in [0.2, 0.25) is 0 Å². The van der Waals surface area contributed by atoms with Gasteiger partial charge in [-0.25, -0.2) is 19.9 Å². The van der Waals surface area contributed by atoms with Gasteiger partial charge in [-0.1, -0.05) is 78.9 Å². The quantitative estimate of drug-likeness (QED) is 0.146. The van der Waals surface area contributed by atoms with E-state index in [1.54, 1.807) is 6.07 Å². The van der Waals surface area contributed by atoms with Gasteiger partial charge in [-0.2, -0.15) is 0 Å². The van der Waals surface area contributed by atoms with Crippen molar-refractivity contribution in [2.24, 2.45) is 0 Å². The molecule has 0 fully saturated rings. The van der Waals surface area contributed by atoms with Crippen molar-refractivity contribution < 1.29 is 10.0 Å². The summed E-state index contributed by atoms with van der Waals surface area (Å²) in [5.41, 5.74) is 9.11. The van der Waals surface area contributed by atoms with Crippen LogP contribution in [-0.4, -0.2) is 34.6 Å². The number of benzene rings is 3. The maximum absolute atomic E-state index is 13.0. The Bertz CT molecular complexity index is 2620. The van der Waals surface area contributed by atoms with Crippen LogP contribution in [0.4, 0.5) is 11.4 Å². The van der Waals surface area contributed by atoms with E-state index in [4.69, 9.17) is 4.84 Å². The standard InChI is InChI=1S/C25H24N4O2.C18H18N4O2/c1-17-24-22(28-21-13-7-11-19-10-5-6-12-20(19)21)14-23(30)29(25(24)27-16-26-17)31-15-18-8-3-2-4-9-18;1-11-17-15(9-16(23)22(24)18(17)20-10-19-11)21-14-8-4-6-12-5-2-3-7-13(12)14/h2-6,8-10,12,14,16,21,28H,7,11,13,15H2,1H3;2-3,5,7,9-10,14,21,24H,4,6,8H2,1H3. The Morgan fingerprint density at radius 3 is 1.78 bits per heavy atom. The Kier molecular flexibility index (Phi) is 9.95. The van der Waals surface area contributed by atoms with E-state index < -0.39 is 5.56 Å². The Morgan fingerprint density at radius 1 is 0.673 bits per heavy atom. The van der Waals surface area contributed by atoms with Gasteiger partial charge in [-0.3, -0.25) is 9.59 Å². The largest absolute Gasteiger partial charge is 0.423 e. The third-order valence-electron chi connectivity index (χ3n) is 10.5. The van der Waals surface area contributed by atoms with Crippen molar-refractivity contribution in [3.8, 4) is 0 Å². The third kappa shape index (κ3) is 7.22. The molecule has 2 aliphatic rings. The van der Waals surface area contributed by atoms with E-state index in [2.05, 4.69) is 73.0 Å². The van der Waals surface area contributed by atoms with Crippen LogP contribution < -0.4 is 26.6 Å². The Hall–Kier alpha value is -6.56. The molecule has 0 aliphatic heterocycles. The topological polar surface area (TPSA) is 149 Å². The van der Waals surface area contributed by atoms with Gasteiger partial charge in [-0.15, -0.1) is 9.46 Å². The molecule has 0 spiro atoms. The fraction of sp³-hybridized carbons (Fsp3) is 0.256. The van der Waals surface area contributed by atoms with Crippen LogP contribution >= 0.6 is 0 Å². The van der Waals surface area contributed by atoms with Gasteiger partial charge >= 0.3 is 0 Å². The Balaban J connectivity index is 0.000000160. The van der Waals surface area contributed by atoms with E-state index in [1.807, 2.05) is 50.2 Å². The zero-order valence-electron chi connectivity index (χ0n) is 30.8. The number of pyridine rings is 2. The Morgan fingerprint density at radius 2 is 1.18 bits per heavy atom. The average Bonchev–Trinajstić information content (AvgIpc) is 3.20. The summed E-state index contributed by atoms with van der Waals surface area (Å²) in [6.07, 6.45) is 9.20. The summed E-state index contributed by atoms with van der Waals surface area (Å²) >= 11 is 0. The molecule has 0 amide bonds. The van der Waals surface area contributed by atoms with E-state index >= 15 is 0 Å². The first kappa shape index (κ1) is 35.5. The first-order valence-corrected chi connectivity index (χ1v) is 18.7. The van der Waals surface area contributed by atoms with Crippen LogP contribution in [-0.2, 0) is 19.4 Å². The zero-order valence-corrected chi connectivity index (χ0v) is 30.8. The molecular weight excluding hydrogens is 693 g/mol. The first-order chi connectivity index (χ1) is 26.9. The van der Waals surface area contributed by atoms with Gasteiger partial charge < -0.3 is 20.7 Å². The second-order valence-corrected chi connectivity index (χ2v) is 14.0. The molecule has 12 nitrogen and oxygen atoms in total. The van der Waals surface area contributed by atoms with Crippen LogP contribution in [0.15, 0.2) is 113 Å². The zero-order chi connectivity index (χ0) is 37.9. The molecule has 55 heavy (non-hydrogen) atoms. The van der Waals surface area contributed by atoms with Gasteiger partial charge in [0.05, 0.1) is 45.6 Å². The van der Waals surface area contributed by atoms with Gasteiger partial charge in [0.1, 0.15) is 19.3 Å². The Labute approximate surface area is 317 Å². The predicted molar refractivity (Wildman–Crippen MR) is 212 cm³/mol. The van der Waals surface area contributed by atoms with Crippen LogP contribution in [0.25, 0.3) is 22.1 Å². The molecule has 3 aromatic carbocycles. The van der Waals surface area contributed by atoms with Gasteiger partial charge in [0, 0.05) is 12.1 Å². The lowest BCUT2D eigenvalue weighted by Crippen LogP contribution is -2.28. The van der Waals surface area contributed by atoms with Crippen LogP contribution in [0.3, 0.4) is 0 Å². The smallest absolute Gasteiger partial charge is 0.287 e. The molecule has 12 heteroatoms. The molecule has 2 aliphatic carbocycles. The number of nitrogens with one attached hydrogen (secondary N) is 2. The number of hydrogen-bond donors (Lipinski definition) is 3. The molecule has 4 heterocycles. The lowest BCUT2D eigenvalue weighted by Gasteiger charge is -2.28. The summed E-state index contributed by atoms with van der Waals surface area (Å²) < 4.78 is 1.85. The second-order valence-electron chi connectivity index (χ2n) is 14.0. The molecule has 0 bridgehead atoms. The summed E-state index contributed by atoms with van der Waals surface area (Å²) in [7, 11) is 0. The second kappa shape index (κ2) is 15.4. The highest BCUT2D eigenvalue weighted by Crippen LogP contribution is 2.36. The van der Waals surface area contributed by atoms with Crippen LogP contribution in [0.1, 0.15) is 77.0 Å². The number of nitrogens with zero attached hydrogens (tertiary/aromatic N) is 6. The predicted octanol–water partition coefficient (Wildman–Crippen LogP) is 7.04. The molecule has 0 saturated heterocycles. The highest BCUT2D eigenvalue weighted by molar-refractivity contribution is 5.91. The minimum atomic E-state index is -0.507. The van der Waals surface area contributed by atoms with Crippen molar-refractivity contribution in [1.29, 1.82) is 0 Å². The molecule has 4 aromatic heterocycles. The minimum Gasteiger partial charge on any atom is -0.423 e. The summed E-state index contributed by atoms with van der Waals surface area (Å²) in [5, 5.41) is 18.5. The average molecular weight is 735 g/mol.